The highest BCUT2D eigenvalue weighted by atomic mass is 35.5. The molecule has 142 valence electrons. The topological polar surface area (TPSA) is 66.9 Å². The quantitative estimate of drug-likeness (QED) is 0.738. The van der Waals surface area contributed by atoms with Crippen LogP contribution in [0.25, 0.3) is 10.9 Å². The number of carbonyl (C=O) groups is 1. The van der Waals surface area contributed by atoms with Crippen molar-refractivity contribution in [1.82, 2.24) is 15.3 Å². The number of nitrogens with zero attached hydrogens (tertiary/aromatic N) is 2. The van der Waals surface area contributed by atoms with Gasteiger partial charge in [0, 0.05) is 22.4 Å². The number of benzene rings is 1. The zero-order chi connectivity index (χ0) is 18.6. The average molecular weight is 385 g/mol. The number of amides is 1. The molecule has 2 aliphatic rings. The molecular weight excluding hydrogens is 360 g/mol. The van der Waals surface area contributed by atoms with Crippen molar-refractivity contribution in [2.24, 2.45) is 5.92 Å². The highest BCUT2D eigenvalue weighted by molar-refractivity contribution is 6.31. The summed E-state index contributed by atoms with van der Waals surface area (Å²) in [5.74, 6) is 1.60. The number of allylic oxidation sites excluding steroid dienone is 2. The number of halogens is 1. The van der Waals surface area contributed by atoms with Crippen LogP contribution >= 0.6 is 11.6 Å². The fraction of sp³-hybridized carbons (Fsp3) is 0.476. The van der Waals surface area contributed by atoms with E-state index in [-0.39, 0.29) is 11.8 Å². The van der Waals surface area contributed by atoms with Crippen LogP contribution in [0.2, 0.25) is 5.02 Å². The molecule has 1 saturated carbocycles. The fourth-order valence-electron chi connectivity index (χ4n) is 3.94. The molecule has 1 fully saturated rings. The molecule has 5 nitrogen and oxygen atoms in total. The third-order valence-electron chi connectivity index (χ3n) is 5.46. The SMILES string of the molecule is O=C(NCc1nc(NC2CCCC2)c2cc(Cl)ccc2n1)C1CC=CCC1. The number of fused-ring (bicyclic) bond motifs is 1. The summed E-state index contributed by atoms with van der Waals surface area (Å²) in [5, 5.41) is 8.19. The number of anilines is 1. The summed E-state index contributed by atoms with van der Waals surface area (Å²) in [6.07, 6.45) is 11.8. The van der Waals surface area contributed by atoms with Gasteiger partial charge in [-0.25, -0.2) is 9.97 Å². The Kier molecular flexibility index (Phi) is 5.58. The highest BCUT2D eigenvalue weighted by Crippen LogP contribution is 2.28. The van der Waals surface area contributed by atoms with Gasteiger partial charge < -0.3 is 10.6 Å². The first-order valence-corrected chi connectivity index (χ1v) is 10.2. The van der Waals surface area contributed by atoms with Gasteiger partial charge in [0.25, 0.3) is 0 Å². The largest absolute Gasteiger partial charge is 0.367 e. The monoisotopic (exact) mass is 384 g/mol. The second-order valence-electron chi connectivity index (χ2n) is 7.47. The lowest BCUT2D eigenvalue weighted by atomic mass is 9.94. The molecule has 0 aliphatic heterocycles. The normalized spacial score (nSPS) is 20.1. The summed E-state index contributed by atoms with van der Waals surface area (Å²) < 4.78 is 0. The minimum atomic E-state index is 0.0605. The number of hydrogen-bond acceptors (Lipinski definition) is 4. The lowest BCUT2D eigenvalue weighted by Gasteiger charge is -2.18. The molecule has 1 amide bonds. The number of hydrogen-bond donors (Lipinski definition) is 2. The summed E-state index contributed by atoms with van der Waals surface area (Å²) in [4.78, 5) is 21.8. The van der Waals surface area contributed by atoms with Crippen molar-refractivity contribution < 1.29 is 4.79 Å². The number of rotatable bonds is 5. The van der Waals surface area contributed by atoms with E-state index < -0.39 is 0 Å². The lowest BCUT2D eigenvalue weighted by molar-refractivity contribution is -0.125. The third kappa shape index (κ3) is 4.41. The summed E-state index contributed by atoms with van der Waals surface area (Å²) >= 11 is 6.19. The first-order chi connectivity index (χ1) is 13.2. The summed E-state index contributed by atoms with van der Waals surface area (Å²) in [6, 6.07) is 6.10. The molecule has 4 rings (SSSR count). The Bertz CT molecular complexity index is 861. The van der Waals surface area contributed by atoms with Crippen molar-refractivity contribution in [3.05, 3.63) is 41.2 Å². The first kappa shape index (κ1) is 18.2. The van der Waals surface area contributed by atoms with Gasteiger partial charge in [-0.2, -0.15) is 0 Å². The van der Waals surface area contributed by atoms with E-state index in [0.717, 1.165) is 48.8 Å². The van der Waals surface area contributed by atoms with Gasteiger partial charge in [-0.1, -0.05) is 36.6 Å². The van der Waals surface area contributed by atoms with Crippen LogP contribution in [0, 0.1) is 5.92 Å². The summed E-state index contributed by atoms with van der Waals surface area (Å²) in [7, 11) is 0. The minimum Gasteiger partial charge on any atom is -0.367 e. The van der Waals surface area contributed by atoms with E-state index in [1.807, 2.05) is 18.2 Å². The van der Waals surface area contributed by atoms with Gasteiger partial charge in [-0.15, -0.1) is 0 Å². The van der Waals surface area contributed by atoms with E-state index in [1.165, 1.54) is 12.8 Å². The zero-order valence-corrected chi connectivity index (χ0v) is 16.1. The summed E-state index contributed by atoms with van der Waals surface area (Å²) in [5.41, 5.74) is 0.847. The molecule has 1 unspecified atom stereocenters. The molecule has 2 N–H and O–H groups in total. The van der Waals surface area contributed by atoms with Gasteiger partial charge in [-0.05, 0) is 50.3 Å². The molecule has 0 bridgehead atoms. The maximum Gasteiger partial charge on any atom is 0.223 e. The van der Waals surface area contributed by atoms with Crippen molar-refractivity contribution in [2.45, 2.75) is 57.5 Å². The van der Waals surface area contributed by atoms with Crippen LogP contribution in [-0.2, 0) is 11.3 Å². The molecule has 1 aromatic carbocycles. The molecule has 1 heterocycles. The van der Waals surface area contributed by atoms with Crippen molar-refractivity contribution in [2.75, 3.05) is 5.32 Å². The van der Waals surface area contributed by atoms with E-state index in [9.17, 15) is 4.79 Å². The molecule has 0 spiro atoms. The first-order valence-electron chi connectivity index (χ1n) is 9.84. The van der Waals surface area contributed by atoms with Crippen LogP contribution in [0.15, 0.2) is 30.4 Å². The number of aromatic nitrogens is 2. The van der Waals surface area contributed by atoms with Crippen molar-refractivity contribution >= 4 is 34.2 Å². The highest BCUT2D eigenvalue weighted by Gasteiger charge is 2.20. The molecular formula is C21H25ClN4O. The second-order valence-corrected chi connectivity index (χ2v) is 7.91. The zero-order valence-electron chi connectivity index (χ0n) is 15.4. The van der Waals surface area contributed by atoms with Crippen LogP contribution in [0.3, 0.4) is 0 Å². The Balaban J connectivity index is 1.54. The Morgan fingerprint density at radius 2 is 2.00 bits per heavy atom. The van der Waals surface area contributed by atoms with Crippen molar-refractivity contribution in [1.29, 1.82) is 0 Å². The van der Waals surface area contributed by atoms with E-state index >= 15 is 0 Å². The fourth-order valence-corrected chi connectivity index (χ4v) is 4.12. The van der Waals surface area contributed by atoms with E-state index in [0.29, 0.717) is 23.4 Å². The van der Waals surface area contributed by atoms with Crippen molar-refractivity contribution in [3.63, 3.8) is 0 Å². The van der Waals surface area contributed by atoms with Gasteiger partial charge in [0.1, 0.15) is 5.82 Å². The van der Waals surface area contributed by atoms with Crippen LogP contribution < -0.4 is 10.6 Å². The lowest BCUT2D eigenvalue weighted by Crippen LogP contribution is -2.31. The average Bonchev–Trinajstić information content (AvgIpc) is 3.20. The molecule has 1 aromatic heterocycles. The maximum atomic E-state index is 12.4. The van der Waals surface area contributed by atoms with Gasteiger partial charge in [0.05, 0.1) is 12.1 Å². The molecule has 1 atom stereocenters. The number of carbonyl (C=O) groups excluding carboxylic acids is 1. The van der Waals surface area contributed by atoms with Gasteiger partial charge in [0.2, 0.25) is 5.91 Å². The smallest absolute Gasteiger partial charge is 0.223 e. The van der Waals surface area contributed by atoms with E-state index in [1.54, 1.807) is 0 Å². The Labute approximate surface area is 164 Å². The van der Waals surface area contributed by atoms with Crippen LogP contribution in [0.4, 0.5) is 5.82 Å². The van der Waals surface area contributed by atoms with Crippen LogP contribution in [-0.4, -0.2) is 21.9 Å². The maximum absolute atomic E-state index is 12.4. The molecule has 2 aromatic rings. The predicted molar refractivity (Wildman–Crippen MR) is 109 cm³/mol. The predicted octanol–water partition coefficient (Wildman–Crippen LogP) is 4.61. The van der Waals surface area contributed by atoms with E-state index in [4.69, 9.17) is 16.6 Å². The number of nitrogens with one attached hydrogen (secondary N) is 2. The second kappa shape index (κ2) is 8.26. The Hall–Kier alpha value is -2.14. The molecule has 2 aliphatic carbocycles. The van der Waals surface area contributed by atoms with Gasteiger partial charge in [0.15, 0.2) is 5.82 Å². The van der Waals surface area contributed by atoms with E-state index in [2.05, 4.69) is 27.8 Å². The van der Waals surface area contributed by atoms with Gasteiger partial charge >= 0.3 is 0 Å². The standard InChI is InChI=1S/C21H25ClN4O/c22-15-10-11-18-17(12-15)20(24-16-8-4-5-9-16)26-19(25-18)13-23-21(27)14-6-2-1-3-7-14/h1-2,10-12,14,16H,3-9,13H2,(H,23,27)(H,24,25,26). The van der Waals surface area contributed by atoms with Crippen molar-refractivity contribution in [3.8, 4) is 0 Å². The van der Waals surface area contributed by atoms with Crippen LogP contribution in [0.5, 0.6) is 0 Å². The Morgan fingerprint density at radius 3 is 2.78 bits per heavy atom. The summed E-state index contributed by atoms with van der Waals surface area (Å²) in [6.45, 7) is 0.344. The van der Waals surface area contributed by atoms with Gasteiger partial charge in [-0.3, -0.25) is 4.79 Å². The van der Waals surface area contributed by atoms with Crippen LogP contribution in [0.1, 0.15) is 50.8 Å². The molecule has 0 radical (unpaired) electrons. The molecule has 0 saturated heterocycles. The Morgan fingerprint density at radius 1 is 1.15 bits per heavy atom. The molecule has 6 heteroatoms. The third-order valence-corrected chi connectivity index (χ3v) is 5.70. The minimum absolute atomic E-state index is 0.0605. The molecule has 27 heavy (non-hydrogen) atoms.